The maximum absolute atomic E-state index is 11.3. The average Bonchev–Trinajstić information content (AvgIpc) is 4.12. The second-order valence-electron chi connectivity index (χ2n) is 11.7. The summed E-state index contributed by atoms with van der Waals surface area (Å²) < 4.78 is 30.8. The van der Waals surface area contributed by atoms with Crippen molar-refractivity contribution in [3.8, 4) is 0 Å². The van der Waals surface area contributed by atoms with Crippen LogP contribution in [0, 0.1) is 5.92 Å². The highest BCUT2D eigenvalue weighted by Gasteiger charge is 2.10. The Kier molecular flexibility index (Phi) is 26.1. The molecule has 326 valence electrons. The number of imidazole rings is 5. The molecule has 5 aromatic heterocycles. The molecular formula is C41H52N10O10. The van der Waals surface area contributed by atoms with Gasteiger partial charge in [-0.3, -0.25) is 0 Å². The summed E-state index contributed by atoms with van der Waals surface area (Å²) in [6.45, 7) is 24.0. The molecule has 3 atom stereocenters. The maximum Gasteiger partial charge on any atom is 0.419 e. The zero-order valence-corrected chi connectivity index (χ0v) is 34.4. The molecule has 0 aromatic carbocycles. The minimum atomic E-state index is -0.445. The Morgan fingerprint density at radius 3 is 1.30 bits per heavy atom. The highest BCUT2D eigenvalue weighted by molar-refractivity contribution is 5.71. The summed E-state index contributed by atoms with van der Waals surface area (Å²) in [4.78, 5) is 74.1. The molecule has 0 amide bonds. The van der Waals surface area contributed by atoms with Gasteiger partial charge in [-0.1, -0.05) is 50.5 Å². The normalized spacial score (nSPS) is 11.0. The van der Waals surface area contributed by atoms with Gasteiger partial charge in [0, 0.05) is 74.3 Å². The van der Waals surface area contributed by atoms with Crippen molar-refractivity contribution in [3.63, 3.8) is 0 Å². The van der Waals surface area contributed by atoms with Gasteiger partial charge in [-0.2, -0.15) is 0 Å². The molecule has 5 rings (SSSR count). The smallest absolute Gasteiger partial charge is 0.419 e. The van der Waals surface area contributed by atoms with Gasteiger partial charge in [-0.05, 0) is 20.3 Å². The van der Waals surface area contributed by atoms with Crippen molar-refractivity contribution in [3.05, 3.63) is 157 Å². The van der Waals surface area contributed by atoms with Crippen molar-refractivity contribution >= 4 is 30.5 Å². The Morgan fingerprint density at radius 2 is 0.934 bits per heavy atom. The molecule has 0 bridgehead atoms. The Hall–Kier alpha value is -7.90. The largest absolute Gasteiger partial charge is 0.449 e. The van der Waals surface area contributed by atoms with Crippen LogP contribution in [0.4, 0.5) is 24.0 Å². The van der Waals surface area contributed by atoms with Crippen molar-refractivity contribution in [1.29, 1.82) is 0 Å². The van der Waals surface area contributed by atoms with Crippen molar-refractivity contribution in [2.24, 2.45) is 5.92 Å². The third-order valence-electron chi connectivity index (χ3n) is 6.74. The number of aromatic nitrogens is 10. The minimum Gasteiger partial charge on any atom is -0.449 e. The fourth-order valence-corrected chi connectivity index (χ4v) is 3.47. The van der Waals surface area contributed by atoms with E-state index >= 15 is 0 Å². The van der Waals surface area contributed by atoms with Crippen LogP contribution in [-0.2, 0) is 23.7 Å². The minimum absolute atomic E-state index is 0.146. The first-order valence-electron chi connectivity index (χ1n) is 18.3. The number of rotatable bonds is 13. The fourth-order valence-electron chi connectivity index (χ4n) is 3.47. The molecule has 61 heavy (non-hydrogen) atoms. The summed E-state index contributed by atoms with van der Waals surface area (Å²) in [5, 5.41) is 0. The summed E-state index contributed by atoms with van der Waals surface area (Å²) in [5.74, 6) is 0.174. The van der Waals surface area contributed by atoms with E-state index < -0.39 is 30.5 Å². The van der Waals surface area contributed by atoms with Gasteiger partial charge in [0.15, 0.2) is 0 Å². The molecule has 0 fully saturated rings. The molecule has 0 radical (unpaired) electrons. The van der Waals surface area contributed by atoms with Gasteiger partial charge in [-0.15, -0.1) is 19.7 Å². The van der Waals surface area contributed by atoms with Crippen molar-refractivity contribution in [2.75, 3.05) is 19.8 Å². The highest BCUT2D eigenvalue weighted by atomic mass is 16.6. The van der Waals surface area contributed by atoms with Gasteiger partial charge in [-0.25, -0.2) is 71.7 Å². The topological polar surface area (TPSA) is 221 Å². The Bertz CT molecular complexity index is 1990. The molecule has 20 nitrogen and oxygen atoms in total. The van der Waals surface area contributed by atoms with Gasteiger partial charge in [0.05, 0.1) is 13.2 Å². The van der Waals surface area contributed by atoms with E-state index in [2.05, 4.69) is 57.8 Å². The van der Waals surface area contributed by atoms with Gasteiger partial charge in [0.2, 0.25) is 0 Å². The average molecular weight is 845 g/mol. The maximum atomic E-state index is 11.3. The quantitative estimate of drug-likeness (QED) is 0.0637. The number of carbonyl (C=O) groups is 5. The summed E-state index contributed by atoms with van der Waals surface area (Å²) >= 11 is 0. The Labute approximate surface area is 353 Å². The molecule has 0 spiro atoms. The lowest BCUT2D eigenvalue weighted by atomic mass is 10.2. The van der Waals surface area contributed by atoms with Crippen LogP contribution in [0.5, 0.6) is 0 Å². The summed E-state index contributed by atoms with van der Waals surface area (Å²) in [6.07, 6.45) is 29.2. The van der Waals surface area contributed by atoms with E-state index in [0.717, 1.165) is 0 Å². The van der Waals surface area contributed by atoms with Gasteiger partial charge < -0.3 is 23.7 Å². The molecular weight excluding hydrogens is 793 g/mol. The molecule has 0 aliphatic carbocycles. The second-order valence-corrected chi connectivity index (χ2v) is 11.7. The molecule has 5 heterocycles. The van der Waals surface area contributed by atoms with Crippen LogP contribution >= 0.6 is 0 Å². The number of carbonyl (C=O) groups excluding carboxylic acids is 5. The van der Waals surface area contributed by atoms with Crippen LogP contribution in [0.3, 0.4) is 0 Å². The lowest BCUT2D eigenvalue weighted by molar-refractivity contribution is 0.109. The molecule has 3 unspecified atom stereocenters. The van der Waals surface area contributed by atoms with Crippen LogP contribution in [0.2, 0.25) is 0 Å². The molecule has 20 heteroatoms. The van der Waals surface area contributed by atoms with E-state index in [1.807, 2.05) is 13.8 Å². The lowest BCUT2D eigenvalue weighted by Gasteiger charge is -2.10. The highest BCUT2D eigenvalue weighted by Crippen LogP contribution is 2.01. The van der Waals surface area contributed by atoms with E-state index in [9.17, 15) is 24.0 Å². The Balaban J connectivity index is 0.000000382. The molecule has 0 saturated heterocycles. The lowest BCUT2D eigenvalue weighted by Crippen LogP contribution is -2.18. The van der Waals surface area contributed by atoms with Gasteiger partial charge in [0.25, 0.3) is 0 Å². The monoisotopic (exact) mass is 844 g/mol. The van der Waals surface area contributed by atoms with Crippen LogP contribution in [0.25, 0.3) is 0 Å². The van der Waals surface area contributed by atoms with Crippen molar-refractivity contribution in [2.45, 2.75) is 45.8 Å². The van der Waals surface area contributed by atoms with Gasteiger partial charge in [0.1, 0.15) is 50.5 Å². The van der Waals surface area contributed by atoms with Gasteiger partial charge >= 0.3 is 30.5 Å². The molecule has 5 aromatic rings. The third-order valence-corrected chi connectivity index (χ3v) is 6.74. The number of hydrogen-bond donors (Lipinski definition) is 0. The molecule has 0 saturated carbocycles. The zero-order chi connectivity index (χ0) is 45.3. The van der Waals surface area contributed by atoms with Crippen molar-refractivity contribution in [1.82, 2.24) is 47.8 Å². The predicted molar refractivity (Wildman–Crippen MR) is 223 cm³/mol. The summed E-state index contributed by atoms with van der Waals surface area (Å²) in [6, 6.07) is 0. The van der Waals surface area contributed by atoms with Crippen LogP contribution in [-0.4, -0.2) is 110 Å². The first-order valence-corrected chi connectivity index (χ1v) is 18.3. The molecule has 0 aliphatic heterocycles. The number of nitrogens with zero attached hydrogens (tertiary/aromatic N) is 10. The first-order chi connectivity index (χ1) is 29.4. The van der Waals surface area contributed by atoms with Crippen LogP contribution in [0.1, 0.15) is 33.6 Å². The third kappa shape index (κ3) is 22.6. The van der Waals surface area contributed by atoms with Crippen LogP contribution in [0.15, 0.2) is 157 Å². The first kappa shape index (κ1) is 51.1. The van der Waals surface area contributed by atoms with E-state index in [4.69, 9.17) is 23.7 Å². The van der Waals surface area contributed by atoms with E-state index in [0.29, 0.717) is 26.1 Å². The number of ether oxygens (including phenoxy) is 5. The zero-order valence-electron chi connectivity index (χ0n) is 34.4. The Morgan fingerprint density at radius 1 is 0.525 bits per heavy atom. The summed E-state index contributed by atoms with van der Waals surface area (Å²) in [5.41, 5.74) is 0. The van der Waals surface area contributed by atoms with E-state index in [-0.39, 0.29) is 24.7 Å². The van der Waals surface area contributed by atoms with Crippen molar-refractivity contribution < 1.29 is 47.7 Å². The molecule has 0 aliphatic rings. The van der Waals surface area contributed by atoms with E-state index in [1.54, 1.807) is 43.6 Å². The van der Waals surface area contributed by atoms with E-state index in [1.165, 1.54) is 110 Å². The standard InChI is InChI=1S/2C9H12N2O2.2C8H10N2O2.C7H8N2O2/c1-3-8(2)6-13-9(12)11-5-4-10-7-11;1-3-4-8(2)13-9(12)11-6-5-10-7-11;1-3-7(2)12-8(11)10-5-4-9-6-10;1-2-3-6-12-8(11)10-5-4-9-7-10;1-2-5-11-7(10)9-4-3-8-6-9/h3-5,7-8H,1,6H2,2H3;3,5-8H,1,4H2,2H3;3-7H,1H2,2H3;2,4-5,7H,1,3,6H2;2-4,6H,1,5H2. The van der Waals surface area contributed by atoms with Crippen LogP contribution < -0.4 is 0 Å². The SMILES string of the molecule is C=CC(C)COC(=O)n1ccnc1.C=CC(C)OC(=O)n1ccnc1.C=CCC(C)OC(=O)n1ccnc1.C=CCCOC(=O)n1ccnc1.C=CCOC(=O)n1ccnc1. The molecule has 0 N–H and O–H groups in total. The fraction of sp³-hybridized carbons (Fsp3) is 0.268. The summed E-state index contributed by atoms with van der Waals surface area (Å²) in [7, 11) is 0. The second kappa shape index (κ2) is 31.1. The predicted octanol–water partition coefficient (Wildman–Crippen LogP) is 7.46. The number of hydrogen-bond acceptors (Lipinski definition) is 15.